The van der Waals surface area contributed by atoms with Crippen molar-refractivity contribution in [3.05, 3.63) is 0 Å². The molecule has 162 valence electrons. The molecule has 0 bridgehead atoms. The van der Waals surface area contributed by atoms with Gasteiger partial charge in [0.25, 0.3) is 0 Å². The Kier molecular flexibility index (Phi) is 12.4. The second-order valence-corrected chi connectivity index (χ2v) is 7.43. The molecule has 8 N–H and O–H groups in total. The topological polar surface area (TPSA) is 191 Å². The summed E-state index contributed by atoms with van der Waals surface area (Å²) in [5.74, 6) is -3.46. The highest BCUT2D eigenvalue weighted by Gasteiger charge is 2.31. The van der Waals surface area contributed by atoms with E-state index in [9.17, 15) is 24.3 Å². The Balaban J connectivity index is 5.02. The van der Waals surface area contributed by atoms with Gasteiger partial charge in [-0.2, -0.15) is 11.8 Å². The van der Waals surface area contributed by atoms with E-state index in [1.165, 1.54) is 11.8 Å². The quantitative estimate of drug-likeness (QED) is 0.165. The number of nitrogens with two attached hydrogens (primary N) is 1. The van der Waals surface area contributed by atoms with Gasteiger partial charge in [-0.25, -0.2) is 4.79 Å². The molecule has 11 nitrogen and oxygen atoms in total. The van der Waals surface area contributed by atoms with E-state index in [2.05, 4.69) is 16.0 Å². The SMILES string of the molecule is CSCCC(N)C(=O)NC(CO)C(=O)NC(C(=O)NC(CO)C(=O)O)C(C)C. The maximum Gasteiger partial charge on any atom is 0.328 e. The summed E-state index contributed by atoms with van der Waals surface area (Å²) >= 11 is 1.51. The highest BCUT2D eigenvalue weighted by atomic mass is 32.2. The van der Waals surface area contributed by atoms with Crippen molar-refractivity contribution < 1.29 is 34.5 Å². The normalized spacial score (nSPS) is 15.2. The maximum absolute atomic E-state index is 12.4. The van der Waals surface area contributed by atoms with E-state index in [-0.39, 0.29) is 0 Å². The van der Waals surface area contributed by atoms with Gasteiger partial charge in [0.2, 0.25) is 17.7 Å². The van der Waals surface area contributed by atoms with Crippen LogP contribution < -0.4 is 21.7 Å². The molecule has 3 amide bonds. The van der Waals surface area contributed by atoms with E-state index in [1.54, 1.807) is 13.8 Å². The monoisotopic (exact) mass is 422 g/mol. The lowest BCUT2D eigenvalue weighted by Gasteiger charge is -2.26. The summed E-state index contributed by atoms with van der Waals surface area (Å²) in [6.45, 7) is 1.70. The van der Waals surface area contributed by atoms with Gasteiger partial charge < -0.3 is 37.0 Å². The van der Waals surface area contributed by atoms with Gasteiger partial charge in [0.15, 0.2) is 0 Å². The molecule has 0 fully saturated rings. The van der Waals surface area contributed by atoms with Crippen LogP contribution in [-0.4, -0.2) is 88.4 Å². The van der Waals surface area contributed by atoms with Crippen LogP contribution in [0.4, 0.5) is 0 Å². The van der Waals surface area contributed by atoms with Crippen molar-refractivity contribution in [3.63, 3.8) is 0 Å². The van der Waals surface area contributed by atoms with Crippen molar-refractivity contribution in [3.8, 4) is 0 Å². The van der Waals surface area contributed by atoms with Crippen LogP contribution in [0.1, 0.15) is 20.3 Å². The number of carboxylic acid groups (broad SMARTS) is 1. The molecule has 0 aliphatic rings. The van der Waals surface area contributed by atoms with Crippen molar-refractivity contribution in [2.45, 2.75) is 44.4 Å². The molecular weight excluding hydrogens is 392 g/mol. The molecule has 28 heavy (non-hydrogen) atoms. The minimum absolute atomic E-state index is 0.390. The molecule has 0 rings (SSSR count). The first-order valence-corrected chi connectivity index (χ1v) is 10.1. The lowest BCUT2D eigenvalue weighted by Crippen LogP contribution is -2.59. The van der Waals surface area contributed by atoms with Crippen molar-refractivity contribution in [1.29, 1.82) is 0 Å². The highest BCUT2D eigenvalue weighted by molar-refractivity contribution is 7.98. The Morgan fingerprint density at radius 3 is 1.89 bits per heavy atom. The second-order valence-electron chi connectivity index (χ2n) is 6.44. The number of aliphatic hydroxyl groups excluding tert-OH is 2. The molecule has 0 spiro atoms. The zero-order valence-corrected chi connectivity index (χ0v) is 17.0. The number of thioether (sulfide) groups is 1. The number of aliphatic hydroxyl groups is 2. The van der Waals surface area contributed by atoms with E-state index >= 15 is 0 Å². The van der Waals surface area contributed by atoms with Gasteiger partial charge in [0, 0.05) is 0 Å². The number of carbonyl (C=O) groups excluding carboxylic acids is 3. The summed E-state index contributed by atoms with van der Waals surface area (Å²) in [7, 11) is 0. The van der Waals surface area contributed by atoms with Crippen LogP contribution in [-0.2, 0) is 19.2 Å². The lowest BCUT2D eigenvalue weighted by atomic mass is 10.0. The average Bonchev–Trinajstić information content (AvgIpc) is 2.64. The summed E-state index contributed by atoms with van der Waals surface area (Å²) in [6.07, 6.45) is 2.25. The third kappa shape index (κ3) is 8.87. The molecular formula is C16H30N4O7S. The van der Waals surface area contributed by atoms with E-state index in [0.29, 0.717) is 12.2 Å². The standard InChI is InChI=1S/C16H30N4O7S/c1-8(2)12(15(25)19-11(7-22)16(26)27)20-14(24)10(6-21)18-13(23)9(17)4-5-28-3/h8-12,21-22H,4-7,17H2,1-3H3,(H,18,23)(H,19,25)(H,20,24)(H,26,27). The molecule has 0 aromatic heterocycles. The molecule has 0 aliphatic heterocycles. The summed E-state index contributed by atoms with van der Waals surface area (Å²) in [6, 6.07) is -4.83. The van der Waals surface area contributed by atoms with Crippen LogP contribution in [0.25, 0.3) is 0 Å². The molecule has 4 unspecified atom stereocenters. The molecule has 0 saturated carbocycles. The fraction of sp³-hybridized carbons (Fsp3) is 0.750. The van der Waals surface area contributed by atoms with Crippen LogP contribution in [0.3, 0.4) is 0 Å². The fourth-order valence-electron chi connectivity index (χ4n) is 2.08. The van der Waals surface area contributed by atoms with Crippen molar-refractivity contribution in [1.82, 2.24) is 16.0 Å². The molecule has 0 aromatic rings. The van der Waals surface area contributed by atoms with Crippen LogP contribution >= 0.6 is 11.8 Å². The molecule has 0 radical (unpaired) electrons. The second kappa shape index (κ2) is 13.3. The van der Waals surface area contributed by atoms with Crippen LogP contribution in [0.2, 0.25) is 0 Å². The van der Waals surface area contributed by atoms with Gasteiger partial charge in [-0.1, -0.05) is 13.8 Å². The Bertz CT molecular complexity index is 547. The zero-order valence-electron chi connectivity index (χ0n) is 16.2. The largest absolute Gasteiger partial charge is 0.480 e. The van der Waals surface area contributed by atoms with Gasteiger partial charge in [-0.05, 0) is 24.3 Å². The Morgan fingerprint density at radius 1 is 0.929 bits per heavy atom. The number of hydrogen-bond acceptors (Lipinski definition) is 8. The Hall–Kier alpha value is -1.89. The van der Waals surface area contributed by atoms with E-state index in [1.807, 2.05) is 6.26 Å². The van der Waals surface area contributed by atoms with Gasteiger partial charge >= 0.3 is 5.97 Å². The number of amides is 3. The third-order valence-electron chi connectivity index (χ3n) is 3.83. The average molecular weight is 423 g/mol. The first kappa shape index (κ1) is 26.1. The molecule has 0 heterocycles. The third-order valence-corrected chi connectivity index (χ3v) is 4.47. The van der Waals surface area contributed by atoms with Crippen LogP contribution in [0, 0.1) is 5.92 Å². The number of aliphatic carboxylic acids is 1. The highest BCUT2D eigenvalue weighted by Crippen LogP contribution is 2.04. The maximum atomic E-state index is 12.4. The summed E-state index contributed by atoms with van der Waals surface area (Å²) in [4.78, 5) is 47.6. The smallest absolute Gasteiger partial charge is 0.328 e. The first-order valence-electron chi connectivity index (χ1n) is 8.69. The van der Waals surface area contributed by atoms with Crippen LogP contribution in [0.5, 0.6) is 0 Å². The molecule has 0 saturated heterocycles. The Morgan fingerprint density at radius 2 is 1.46 bits per heavy atom. The number of carboxylic acids is 1. The predicted octanol–water partition coefficient (Wildman–Crippen LogP) is -2.75. The fourth-order valence-corrected chi connectivity index (χ4v) is 2.57. The predicted molar refractivity (Wildman–Crippen MR) is 103 cm³/mol. The summed E-state index contributed by atoms with van der Waals surface area (Å²) < 4.78 is 0. The summed E-state index contributed by atoms with van der Waals surface area (Å²) in [5.41, 5.74) is 5.72. The number of nitrogens with one attached hydrogen (secondary N) is 3. The van der Waals surface area contributed by atoms with Crippen molar-refractivity contribution in [2.24, 2.45) is 11.7 Å². The number of hydrogen-bond donors (Lipinski definition) is 7. The van der Waals surface area contributed by atoms with E-state index in [4.69, 9.17) is 15.9 Å². The first-order chi connectivity index (χ1) is 13.1. The number of carbonyl (C=O) groups is 4. The van der Waals surface area contributed by atoms with Gasteiger partial charge in [0.1, 0.15) is 18.1 Å². The van der Waals surface area contributed by atoms with Gasteiger partial charge in [0.05, 0.1) is 19.3 Å². The molecule has 4 atom stereocenters. The summed E-state index contributed by atoms with van der Waals surface area (Å²) in [5, 5.41) is 34.2. The lowest BCUT2D eigenvalue weighted by molar-refractivity contribution is -0.143. The molecule has 0 aromatic carbocycles. The zero-order chi connectivity index (χ0) is 21.9. The Labute approximate surface area is 167 Å². The number of rotatable bonds is 13. The van der Waals surface area contributed by atoms with Crippen molar-refractivity contribution >= 4 is 35.5 Å². The van der Waals surface area contributed by atoms with Gasteiger partial charge in [-0.3, -0.25) is 14.4 Å². The van der Waals surface area contributed by atoms with E-state index in [0.717, 1.165) is 0 Å². The minimum atomic E-state index is -1.52. The van der Waals surface area contributed by atoms with Gasteiger partial charge in [-0.15, -0.1) is 0 Å². The van der Waals surface area contributed by atoms with E-state index < -0.39 is 67.0 Å². The van der Waals surface area contributed by atoms with Crippen molar-refractivity contribution in [2.75, 3.05) is 25.2 Å². The van der Waals surface area contributed by atoms with Crippen LogP contribution in [0.15, 0.2) is 0 Å². The molecule has 12 heteroatoms. The minimum Gasteiger partial charge on any atom is -0.480 e. The molecule has 0 aliphatic carbocycles.